The number of nitrogens with one attached hydrogen (secondary N) is 1. The molecule has 4 nitrogen and oxygen atoms in total. The number of carbonyl (C=O) groups excluding carboxylic acids is 2. The molecule has 23 heavy (non-hydrogen) atoms. The van der Waals surface area contributed by atoms with Crippen LogP contribution in [0.1, 0.15) is 18.1 Å². The van der Waals surface area contributed by atoms with Crippen LogP contribution in [0.3, 0.4) is 0 Å². The third kappa shape index (κ3) is 4.92. The topological polar surface area (TPSA) is 55.4 Å². The summed E-state index contributed by atoms with van der Waals surface area (Å²) in [4.78, 5) is 23.9. The van der Waals surface area contributed by atoms with Gasteiger partial charge in [-0.2, -0.15) is 0 Å². The van der Waals surface area contributed by atoms with Gasteiger partial charge in [-0.1, -0.05) is 30.3 Å². The standard InChI is InChI=1S/C18H18FNO3/c1-12-6-3-4-7-14(12)10-17(21)23-13(2)18(22)20-16-9-5-8-15(19)11-16/h3-9,11,13H,10H2,1-2H3,(H,20,22)/t13-/m0/s1. The van der Waals surface area contributed by atoms with E-state index in [1.807, 2.05) is 31.2 Å². The van der Waals surface area contributed by atoms with Crippen LogP contribution >= 0.6 is 0 Å². The van der Waals surface area contributed by atoms with Crippen molar-refractivity contribution in [1.82, 2.24) is 0 Å². The number of halogens is 1. The largest absolute Gasteiger partial charge is 0.452 e. The Morgan fingerprint density at radius 3 is 2.61 bits per heavy atom. The van der Waals surface area contributed by atoms with E-state index in [2.05, 4.69) is 5.32 Å². The lowest BCUT2D eigenvalue weighted by molar-refractivity contribution is -0.152. The van der Waals surface area contributed by atoms with Crippen LogP contribution in [0.25, 0.3) is 0 Å². The summed E-state index contributed by atoms with van der Waals surface area (Å²) in [5.41, 5.74) is 2.16. The second kappa shape index (κ2) is 7.54. The van der Waals surface area contributed by atoms with E-state index in [9.17, 15) is 14.0 Å². The molecule has 1 N–H and O–H groups in total. The number of carbonyl (C=O) groups is 2. The van der Waals surface area contributed by atoms with Crippen molar-refractivity contribution >= 4 is 17.6 Å². The molecule has 2 aromatic carbocycles. The lowest BCUT2D eigenvalue weighted by atomic mass is 10.1. The number of aryl methyl sites for hydroxylation is 1. The fourth-order valence-electron chi connectivity index (χ4n) is 2.07. The number of anilines is 1. The molecule has 0 bridgehead atoms. The van der Waals surface area contributed by atoms with E-state index in [0.29, 0.717) is 5.69 Å². The van der Waals surface area contributed by atoms with Crippen LogP contribution in [-0.4, -0.2) is 18.0 Å². The van der Waals surface area contributed by atoms with Gasteiger partial charge < -0.3 is 10.1 Å². The molecule has 0 radical (unpaired) electrons. The first-order valence-electron chi connectivity index (χ1n) is 7.26. The van der Waals surface area contributed by atoms with Crippen LogP contribution in [0, 0.1) is 12.7 Å². The average molecular weight is 315 g/mol. The molecule has 0 fully saturated rings. The zero-order chi connectivity index (χ0) is 16.8. The molecule has 0 saturated carbocycles. The first kappa shape index (κ1) is 16.7. The number of esters is 1. The van der Waals surface area contributed by atoms with Crippen molar-refractivity contribution in [3.8, 4) is 0 Å². The fourth-order valence-corrected chi connectivity index (χ4v) is 2.07. The van der Waals surface area contributed by atoms with E-state index in [-0.39, 0.29) is 6.42 Å². The minimum absolute atomic E-state index is 0.101. The van der Waals surface area contributed by atoms with Gasteiger partial charge in [0.05, 0.1) is 6.42 Å². The van der Waals surface area contributed by atoms with Crippen LogP contribution in [0.5, 0.6) is 0 Å². The Morgan fingerprint density at radius 2 is 1.91 bits per heavy atom. The van der Waals surface area contributed by atoms with E-state index >= 15 is 0 Å². The molecule has 1 amide bonds. The fraction of sp³-hybridized carbons (Fsp3) is 0.222. The second-order valence-electron chi connectivity index (χ2n) is 5.23. The van der Waals surface area contributed by atoms with Gasteiger partial charge in [0.25, 0.3) is 5.91 Å². The Hall–Kier alpha value is -2.69. The molecule has 0 aliphatic heterocycles. The van der Waals surface area contributed by atoms with Crippen LogP contribution in [0.4, 0.5) is 10.1 Å². The van der Waals surface area contributed by atoms with E-state index < -0.39 is 23.8 Å². The van der Waals surface area contributed by atoms with Crippen LogP contribution < -0.4 is 5.32 Å². The van der Waals surface area contributed by atoms with Crippen molar-refractivity contribution in [2.75, 3.05) is 5.32 Å². The Bertz CT molecular complexity index is 715. The molecule has 2 rings (SSSR count). The summed E-state index contributed by atoms with van der Waals surface area (Å²) in [6, 6.07) is 13.0. The predicted octanol–water partition coefficient (Wildman–Crippen LogP) is 3.25. The minimum Gasteiger partial charge on any atom is -0.452 e. The molecule has 5 heteroatoms. The Morgan fingerprint density at radius 1 is 1.17 bits per heavy atom. The van der Waals surface area contributed by atoms with Gasteiger partial charge in [-0.15, -0.1) is 0 Å². The van der Waals surface area contributed by atoms with Crippen LogP contribution in [0.2, 0.25) is 0 Å². The molecule has 0 aromatic heterocycles. The van der Waals surface area contributed by atoms with Gasteiger partial charge in [0.2, 0.25) is 0 Å². The summed E-state index contributed by atoms with van der Waals surface area (Å²) in [6.45, 7) is 3.38. The molecule has 0 unspecified atom stereocenters. The molecule has 1 atom stereocenters. The summed E-state index contributed by atoms with van der Waals surface area (Å²) < 4.78 is 18.2. The molecular weight excluding hydrogens is 297 g/mol. The molecular formula is C18H18FNO3. The normalized spacial score (nSPS) is 11.6. The van der Waals surface area contributed by atoms with E-state index in [4.69, 9.17) is 4.74 Å². The van der Waals surface area contributed by atoms with Crippen LogP contribution in [-0.2, 0) is 20.7 Å². The highest BCUT2D eigenvalue weighted by Gasteiger charge is 2.18. The highest BCUT2D eigenvalue weighted by atomic mass is 19.1. The lowest BCUT2D eigenvalue weighted by Gasteiger charge is -2.14. The van der Waals surface area contributed by atoms with Crippen molar-refractivity contribution in [3.63, 3.8) is 0 Å². The maximum atomic E-state index is 13.1. The predicted molar refractivity (Wildman–Crippen MR) is 85.5 cm³/mol. The van der Waals surface area contributed by atoms with Crippen molar-refractivity contribution in [2.45, 2.75) is 26.4 Å². The lowest BCUT2D eigenvalue weighted by Crippen LogP contribution is -2.30. The molecule has 0 spiro atoms. The van der Waals surface area contributed by atoms with Crippen molar-refractivity contribution < 1.29 is 18.7 Å². The third-order valence-corrected chi connectivity index (χ3v) is 3.37. The second-order valence-corrected chi connectivity index (χ2v) is 5.23. The SMILES string of the molecule is Cc1ccccc1CC(=O)O[C@@H](C)C(=O)Nc1cccc(F)c1. The molecule has 120 valence electrons. The smallest absolute Gasteiger partial charge is 0.311 e. The molecule has 0 heterocycles. The monoisotopic (exact) mass is 315 g/mol. The quantitative estimate of drug-likeness (QED) is 0.862. The molecule has 2 aromatic rings. The molecule has 0 aliphatic rings. The Balaban J connectivity index is 1.90. The zero-order valence-corrected chi connectivity index (χ0v) is 13.0. The highest BCUT2D eigenvalue weighted by Crippen LogP contribution is 2.12. The Kier molecular flexibility index (Phi) is 5.46. The van der Waals surface area contributed by atoms with Crippen LogP contribution in [0.15, 0.2) is 48.5 Å². The zero-order valence-electron chi connectivity index (χ0n) is 13.0. The number of hydrogen-bond acceptors (Lipinski definition) is 3. The number of benzene rings is 2. The van der Waals surface area contributed by atoms with Gasteiger partial charge in [-0.05, 0) is 43.2 Å². The minimum atomic E-state index is -0.963. The van der Waals surface area contributed by atoms with E-state index in [1.54, 1.807) is 6.07 Å². The van der Waals surface area contributed by atoms with Gasteiger partial charge in [0, 0.05) is 5.69 Å². The van der Waals surface area contributed by atoms with E-state index in [1.165, 1.54) is 25.1 Å². The summed E-state index contributed by atoms with van der Waals surface area (Å²) in [7, 11) is 0. The van der Waals surface area contributed by atoms with Gasteiger partial charge in [0.1, 0.15) is 5.82 Å². The average Bonchev–Trinajstić information content (AvgIpc) is 2.49. The highest BCUT2D eigenvalue weighted by molar-refractivity contribution is 5.95. The van der Waals surface area contributed by atoms with Gasteiger partial charge in [-0.3, -0.25) is 9.59 Å². The number of hydrogen-bond donors (Lipinski definition) is 1. The van der Waals surface area contributed by atoms with Crippen molar-refractivity contribution in [3.05, 3.63) is 65.5 Å². The van der Waals surface area contributed by atoms with Crippen molar-refractivity contribution in [2.24, 2.45) is 0 Å². The van der Waals surface area contributed by atoms with Crippen molar-refractivity contribution in [1.29, 1.82) is 0 Å². The summed E-state index contributed by atoms with van der Waals surface area (Å²) in [6.07, 6.45) is -0.862. The first-order chi connectivity index (χ1) is 11.0. The summed E-state index contributed by atoms with van der Waals surface area (Å²) in [5, 5.41) is 2.51. The summed E-state index contributed by atoms with van der Waals surface area (Å²) >= 11 is 0. The van der Waals surface area contributed by atoms with Gasteiger partial charge in [-0.25, -0.2) is 4.39 Å². The van der Waals surface area contributed by atoms with E-state index in [0.717, 1.165) is 11.1 Å². The van der Waals surface area contributed by atoms with Gasteiger partial charge >= 0.3 is 5.97 Å². The number of rotatable bonds is 5. The number of amides is 1. The van der Waals surface area contributed by atoms with Gasteiger partial charge in [0.15, 0.2) is 6.10 Å². The first-order valence-corrected chi connectivity index (χ1v) is 7.26. The maximum Gasteiger partial charge on any atom is 0.311 e. The summed E-state index contributed by atoms with van der Waals surface area (Å²) in [5.74, 6) is -1.44. The third-order valence-electron chi connectivity index (χ3n) is 3.37. The maximum absolute atomic E-state index is 13.1. The number of ether oxygens (including phenoxy) is 1. The molecule has 0 saturated heterocycles. The Labute approximate surface area is 134 Å². The molecule has 0 aliphatic carbocycles.